The lowest BCUT2D eigenvalue weighted by atomic mass is 10.2. The Balaban J connectivity index is 1.40. The van der Waals surface area contributed by atoms with E-state index >= 15 is 0 Å². The minimum absolute atomic E-state index is 0.499. The summed E-state index contributed by atoms with van der Waals surface area (Å²) in [5, 5.41) is 11.6. The second-order valence-corrected chi connectivity index (χ2v) is 6.82. The van der Waals surface area contributed by atoms with E-state index in [1.54, 1.807) is 13.4 Å². The van der Waals surface area contributed by atoms with Crippen molar-refractivity contribution in [2.24, 2.45) is 4.99 Å². The lowest BCUT2D eigenvalue weighted by Gasteiger charge is -2.21. The number of hydrogen-bond acceptors (Lipinski definition) is 4. The van der Waals surface area contributed by atoms with Gasteiger partial charge in [-0.3, -0.25) is 9.56 Å². The van der Waals surface area contributed by atoms with E-state index in [1.165, 1.54) is 0 Å². The Hall–Kier alpha value is -3.94. The number of guanidine groups is 1. The minimum Gasteiger partial charge on any atom is -0.349 e. The van der Waals surface area contributed by atoms with Crippen LogP contribution in [0.2, 0.25) is 0 Å². The molecule has 2 heterocycles. The first-order valence-electron chi connectivity index (χ1n) is 9.70. The largest absolute Gasteiger partial charge is 0.349 e. The molecule has 0 fully saturated rings. The van der Waals surface area contributed by atoms with Gasteiger partial charge in [0.05, 0.1) is 25.0 Å². The van der Waals surface area contributed by atoms with Crippen molar-refractivity contribution in [2.45, 2.75) is 13.1 Å². The van der Waals surface area contributed by atoms with Gasteiger partial charge in [0, 0.05) is 19.8 Å². The third-order valence-corrected chi connectivity index (χ3v) is 4.73. The third kappa shape index (κ3) is 4.38. The zero-order valence-corrected chi connectivity index (χ0v) is 17.0. The molecule has 152 valence electrons. The molecule has 0 saturated carbocycles. The van der Waals surface area contributed by atoms with Gasteiger partial charge in [-0.25, -0.2) is 4.98 Å². The van der Waals surface area contributed by atoms with Crippen molar-refractivity contribution in [3.8, 4) is 16.9 Å². The molecule has 8 heteroatoms. The summed E-state index contributed by atoms with van der Waals surface area (Å²) in [5.74, 6) is 2.42. The molecule has 0 bridgehead atoms. The van der Waals surface area contributed by atoms with E-state index in [-0.39, 0.29) is 0 Å². The van der Waals surface area contributed by atoms with Crippen LogP contribution < -0.4 is 5.32 Å². The van der Waals surface area contributed by atoms with Crippen LogP contribution in [0.25, 0.3) is 16.9 Å². The van der Waals surface area contributed by atoms with E-state index in [0.29, 0.717) is 13.1 Å². The van der Waals surface area contributed by atoms with E-state index in [1.807, 2.05) is 71.2 Å². The first-order chi connectivity index (χ1) is 14.7. The number of H-pyrrole nitrogens is 1. The first kappa shape index (κ1) is 19.4. The van der Waals surface area contributed by atoms with Crippen molar-refractivity contribution >= 4 is 5.96 Å². The summed E-state index contributed by atoms with van der Waals surface area (Å²) in [6, 6.07) is 20.2. The number of rotatable bonds is 6. The highest BCUT2D eigenvalue weighted by Gasteiger charge is 2.12. The van der Waals surface area contributed by atoms with Crippen LogP contribution in [0.15, 0.2) is 78.2 Å². The number of nitrogens with zero attached hydrogens (tertiary/aromatic N) is 6. The average molecular weight is 400 g/mol. The summed E-state index contributed by atoms with van der Waals surface area (Å²) < 4.78 is 1.96. The molecular weight excluding hydrogens is 376 g/mol. The lowest BCUT2D eigenvalue weighted by molar-refractivity contribution is 0.462. The molecule has 0 aliphatic heterocycles. The molecule has 2 aromatic carbocycles. The molecule has 4 rings (SSSR count). The number of aromatic amines is 1. The van der Waals surface area contributed by atoms with Gasteiger partial charge in [0.25, 0.3) is 0 Å². The summed E-state index contributed by atoms with van der Waals surface area (Å²) in [5.41, 5.74) is 3.13. The second kappa shape index (κ2) is 9.04. The smallest absolute Gasteiger partial charge is 0.194 e. The molecule has 0 aliphatic rings. The molecule has 0 saturated heterocycles. The fourth-order valence-electron chi connectivity index (χ4n) is 3.23. The number of hydrogen-bond donors (Lipinski definition) is 2. The van der Waals surface area contributed by atoms with Crippen molar-refractivity contribution in [2.75, 3.05) is 14.1 Å². The monoisotopic (exact) mass is 400 g/mol. The highest BCUT2D eigenvalue weighted by atomic mass is 15.3. The highest BCUT2D eigenvalue weighted by molar-refractivity contribution is 5.79. The SMILES string of the molecule is CN=C(NCc1nncn1-c1ccccc1)N(C)Cc1ncc(-c2ccccc2)[nH]1. The molecular formula is C22H24N8. The zero-order chi connectivity index (χ0) is 20.8. The molecule has 0 atom stereocenters. The van der Waals surface area contributed by atoms with Gasteiger partial charge >= 0.3 is 0 Å². The van der Waals surface area contributed by atoms with Gasteiger partial charge in [0.15, 0.2) is 11.8 Å². The third-order valence-electron chi connectivity index (χ3n) is 4.73. The minimum atomic E-state index is 0.499. The fourth-order valence-corrected chi connectivity index (χ4v) is 3.23. The number of imidazole rings is 1. The topological polar surface area (TPSA) is 87.0 Å². The Morgan fingerprint density at radius 3 is 2.57 bits per heavy atom. The van der Waals surface area contributed by atoms with Crippen LogP contribution in [0.5, 0.6) is 0 Å². The molecule has 0 amide bonds. The van der Waals surface area contributed by atoms with Crippen LogP contribution >= 0.6 is 0 Å². The molecule has 0 unspecified atom stereocenters. The van der Waals surface area contributed by atoms with E-state index < -0.39 is 0 Å². The Bertz CT molecular complexity index is 1100. The van der Waals surface area contributed by atoms with Crippen molar-refractivity contribution < 1.29 is 0 Å². The summed E-state index contributed by atoms with van der Waals surface area (Å²) in [7, 11) is 3.74. The quantitative estimate of drug-likeness (QED) is 0.384. The Labute approximate surface area is 175 Å². The number of aliphatic imine (C=N–C) groups is 1. The summed E-state index contributed by atoms with van der Waals surface area (Å²) in [6.45, 7) is 1.09. The fraction of sp³-hybridized carbons (Fsp3) is 0.182. The maximum atomic E-state index is 4.51. The van der Waals surface area contributed by atoms with E-state index in [9.17, 15) is 0 Å². The van der Waals surface area contributed by atoms with Crippen molar-refractivity contribution in [3.63, 3.8) is 0 Å². The molecule has 0 aliphatic carbocycles. The van der Waals surface area contributed by atoms with Crippen LogP contribution in [0.3, 0.4) is 0 Å². The molecule has 0 radical (unpaired) electrons. The Kier molecular flexibility index (Phi) is 5.84. The van der Waals surface area contributed by atoms with Crippen LogP contribution in [0.1, 0.15) is 11.6 Å². The second-order valence-electron chi connectivity index (χ2n) is 6.82. The summed E-state index contributed by atoms with van der Waals surface area (Å²) >= 11 is 0. The Morgan fingerprint density at radius 1 is 1.10 bits per heavy atom. The number of nitrogens with one attached hydrogen (secondary N) is 2. The number of para-hydroxylation sites is 1. The summed E-state index contributed by atoms with van der Waals surface area (Å²) in [6.07, 6.45) is 3.57. The predicted molar refractivity (Wildman–Crippen MR) is 117 cm³/mol. The van der Waals surface area contributed by atoms with E-state index in [4.69, 9.17) is 0 Å². The number of aromatic nitrogens is 5. The maximum absolute atomic E-state index is 4.51. The van der Waals surface area contributed by atoms with Crippen molar-refractivity contribution in [1.82, 2.24) is 34.9 Å². The van der Waals surface area contributed by atoms with E-state index in [0.717, 1.165) is 34.6 Å². The van der Waals surface area contributed by atoms with Gasteiger partial charge < -0.3 is 15.2 Å². The van der Waals surface area contributed by atoms with Gasteiger partial charge in [0.2, 0.25) is 0 Å². The van der Waals surface area contributed by atoms with Gasteiger partial charge in [-0.2, -0.15) is 0 Å². The van der Waals surface area contributed by atoms with Crippen molar-refractivity contribution in [1.29, 1.82) is 0 Å². The molecule has 0 spiro atoms. The average Bonchev–Trinajstić information content (AvgIpc) is 3.45. The zero-order valence-electron chi connectivity index (χ0n) is 17.0. The van der Waals surface area contributed by atoms with Gasteiger partial charge in [0.1, 0.15) is 12.2 Å². The molecule has 4 aromatic rings. The molecule has 2 aromatic heterocycles. The van der Waals surface area contributed by atoms with Crippen molar-refractivity contribution in [3.05, 3.63) is 84.8 Å². The van der Waals surface area contributed by atoms with Crippen LogP contribution in [0, 0.1) is 0 Å². The predicted octanol–water partition coefficient (Wildman–Crippen LogP) is 2.86. The van der Waals surface area contributed by atoms with Crippen LogP contribution in [-0.2, 0) is 13.1 Å². The first-order valence-corrected chi connectivity index (χ1v) is 9.70. The molecule has 30 heavy (non-hydrogen) atoms. The standard InChI is InChI=1S/C22H24N8/c1-23-22(25-14-21-28-26-16-30(21)18-11-7-4-8-12-18)29(2)15-20-24-13-19(27-20)17-9-5-3-6-10-17/h3-13,16H,14-15H2,1-2H3,(H,23,25)(H,24,27). The Morgan fingerprint density at radius 2 is 1.83 bits per heavy atom. The maximum Gasteiger partial charge on any atom is 0.194 e. The van der Waals surface area contributed by atoms with Gasteiger partial charge in [-0.05, 0) is 17.7 Å². The number of benzene rings is 2. The van der Waals surface area contributed by atoms with E-state index in [2.05, 4.69) is 42.6 Å². The van der Waals surface area contributed by atoms with Gasteiger partial charge in [-0.1, -0.05) is 48.5 Å². The lowest BCUT2D eigenvalue weighted by Crippen LogP contribution is -2.38. The van der Waals surface area contributed by atoms with Crippen LogP contribution in [-0.4, -0.2) is 49.7 Å². The summed E-state index contributed by atoms with van der Waals surface area (Å²) in [4.78, 5) is 14.3. The van der Waals surface area contributed by atoms with Gasteiger partial charge in [-0.15, -0.1) is 10.2 Å². The molecule has 8 nitrogen and oxygen atoms in total. The highest BCUT2D eigenvalue weighted by Crippen LogP contribution is 2.16. The normalized spacial score (nSPS) is 11.5. The molecule has 2 N–H and O–H groups in total. The van der Waals surface area contributed by atoms with Crippen LogP contribution in [0.4, 0.5) is 0 Å².